The van der Waals surface area contributed by atoms with Gasteiger partial charge in [0.1, 0.15) is 0 Å². The fourth-order valence-corrected chi connectivity index (χ4v) is 4.01. The van der Waals surface area contributed by atoms with Gasteiger partial charge in [-0.05, 0) is 141 Å². The van der Waals surface area contributed by atoms with Crippen LogP contribution in [0.3, 0.4) is 0 Å². The van der Waals surface area contributed by atoms with E-state index in [1.54, 1.807) is 11.8 Å². The van der Waals surface area contributed by atoms with E-state index >= 15 is 0 Å². The van der Waals surface area contributed by atoms with Crippen molar-refractivity contribution in [3.05, 3.63) is 63.2 Å². The third kappa shape index (κ3) is 9.26. The van der Waals surface area contributed by atoms with E-state index in [1.807, 2.05) is 0 Å². The van der Waals surface area contributed by atoms with Crippen LogP contribution >= 0.6 is 12.4 Å². The van der Waals surface area contributed by atoms with Crippen molar-refractivity contribution in [2.24, 2.45) is 11.8 Å². The molecular weight excluding hydrogens is 411 g/mol. The van der Waals surface area contributed by atoms with Crippen molar-refractivity contribution in [3.63, 3.8) is 0 Å². The Bertz CT molecular complexity index is 310. The molecule has 4 rings (SSSR count). The van der Waals surface area contributed by atoms with E-state index in [-0.39, 0.29) is 46.5 Å². The van der Waals surface area contributed by atoms with E-state index in [4.69, 9.17) is 0 Å². The van der Waals surface area contributed by atoms with Crippen LogP contribution in [-0.4, -0.2) is 50.1 Å². The third-order valence-electron chi connectivity index (χ3n) is 5.76. The number of hydrogen-bond donors (Lipinski definition) is 0. The Morgan fingerprint density at radius 2 is 0.889 bits per heavy atom. The predicted molar refractivity (Wildman–Crippen MR) is 109 cm³/mol. The summed E-state index contributed by atoms with van der Waals surface area (Å²) in [4.78, 5) is 4.83. The number of rotatable bonds is 2. The Hall–Kier alpha value is 1.21. The molecule has 2 aliphatic heterocycles. The van der Waals surface area contributed by atoms with Gasteiger partial charge in [-0.15, -0.1) is 12.4 Å². The van der Waals surface area contributed by atoms with Gasteiger partial charge in [0.15, 0.2) is 0 Å². The van der Waals surface area contributed by atoms with E-state index < -0.39 is 0 Å². The second-order valence-corrected chi connectivity index (χ2v) is 7.59. The normalized spacial score (nSPS) is 26.4. The van der Waals surface area contributed by atoms with Crippen LogP contribution in [0.15, 0.2) is 0 Å². The summed E-state index contributed by atoms with van der Waals surface area (Å²) in [7, 11) is 4.42. The van der Waals surface area contributed by atoms with Crippen molar-refractivity contribution in [1.82, 2.24) is 9.80 Å². The van der Waals surface area contributed by atoms with E-state index in [9.17, 15) is 0 Å². The molecule has 2 nitrogen and oxygen atoms in total. The summed E-state index contributed by atoms with van der Waals surface area (Å²) in [6, 6.07) is 0. The van der Waals surface area contributed by atoms with Crippen molar-refractivity contribution < 1.29 is 34.1 Å². The average Bonchev–Trinajstić information content (AvgIpc) is 3.31. The molecule has 4 fully saturated rings. The van der Waals surface area contributed by atoms with Crippen LogP contribution < -0.4 is 12.4 Å². The molecule has 0 bridgehead atoms. The van der Waals surface area contributed by atoms with Crippen LogP contribution in [0, 0.1) is 75.0 Å². The van der Waals surface area contributed by atoms with Gasteiger partial charge in [0.25, 0.3) is 0 Å². The molecule has 10 radical (unpaired) electrons. The average molecular weight is 444 g/mol. The van der Waals surface area contributed by atoms with Crippen molar-refractivity contribution >= 4 is 12.4 Å². The molecule has 0 N–H and O–H groups in total. The quantitative estimate of drug-likeness (QED) is 0.584. The second kappa shape index (κ2) is 15.1. The Kier molecular flexibility index (Phi) is 15.8. The molecule has 27 heavy (non-hydrogen) atoms. The number of halogens is 2. The van der Waals surface area contributed by atoms with Gasteiger partial charge in [0, 0.05) is 0 Å². The van der Waals surface area contributed by atoms with Gasteiger partial charge in [-0.3, -0.25) is 0 Å². The molecule has 4 aliphatic rings. The van der Waals surface area contributed by atoms with Crippen LogP contribution in [0.4, 0.5) is 0 Å². The van der Waals surface area contributed by atoms with Gasteiger partial charge < -0.3 is 22.2 Å². The molecule has 2 aliphatic carbocycles. The number of nitrogens with zero attached hydrogens (tertiary/aromatic N) is 2. The third-order valence-corrected chi connectivity index (χ3v) is 5.76. The molecule has 2 saturated carbocycles. The molecule has 2 saturated heterocycles. The Morgan fingerprint density at radius 3 is 1.15 bits per heavy atom. The van der Waals surface area contributed by atoms with Gasteiger partial charge in [0.05, 0.1) is 0 Å². The summed E-state index contributed by atoms with van der Waals surface area (Å²) in [5.74, 6) is 4.75. The minimum absolute atomic E-state index is 0. The zero-order valence-corrected chi connectivity index (χ0v) is 19.7. The van der Waals surface area contributed by atoms with Gasteiger partial charge in [-0.25, -0.2) is 0 Å². The molecule has 5 heteroatoms. The van der Waals surface area contributed by atoms with Gasteiger partial charge >= 0.3 is 21.7 Å². The van der Waals surface area contributed by atoms with Crippen molar-refractivity contribution in [3.8, 4) is 0 Å². The van der Waals surface area contributed by atoms with Gasteiger partial charge in [0.2, 0.25) is 0 Å². The molecule has 0 aromatic rings. The predicted octanol–water partition coefficient (Wildman–Crippen LogP) is 0.890. The summed E-state index contributed by atoms with van der Waals surface area (Å²) in [5, 5.41) is 0. The summed E-state index contributed by atoms with van der Waals surface area (Å²) in [6.07, 6.45) is 23.0. The molecule has 0 atom stereocenters. The number of hydrogen-bond acceptors (Lipinski definition) is 2. The SMILES string of the molecule is CN1CCC([C]2[CH][CH][CH][CH]2)CC1.CN1CCC([C]2[CH][CH][CH][CH]2)CC1.Cl.[Cl-].[Ti+4]. The largest absolute Gasteiger partial charge is 4.00 e. The zero-order valence-electron chi connectivity index (χ0n) is 16.6. The molecular formula is C22H33Cl2N2Ti+3. The molecule has 0 unspecified atom stereocenters. The molecule has 2 heterocycles. The first-order valence-corrected chi connectivity index (χ1v) is 9.52. The summed E-state index contributed by atoms with van der Waals surface area (Å²) in [5.41, 5.74) is 0. The Balaban J connectivity index is 0.000000451. The molecule has 0 spiro atoms. The molecule has 0 aromatic heterocycles. The Labute approximate surface area is 196 Å². The maximum atomic E-state index is 2.42. The smallest absolute Gasteiger partial charge is 1.00 e. The van der Waals surface area contributed by atoms with Crippen LogP contribution in [0.2, 0.25) is 0 Å². The van der Waals surface area contributed by atoms with Crippen molar-refractivity contribution in [2.45, 2.75) is 25.7 Å². The van der Waals surface area contributed by atoms with E-state index in [0.29, 0.717) is 0 Å². The minimum Gasteiger partial charge on any atom is -1.00 e. The van der Waals surface area contributed by atoms with Crippen LogP contribution in [0.1, 0.15) is 25.7 Å². The van der Waals surface area contributed by atoms with Crippen molar-refractivity contribution in [2.75, 3.05) is 40.3 Å². The zero-order chi connectivity index (χ0) is 16.8. The first-order chi connectivity index (χ1) is 11.7. The topological polar surface area (TPSA) is 6.48 Å². The summed E-state index contributed by atoms with van der Waals surface area (Å²) < 4.78 is 0. The summed E-state index contributed by atoms with van der Waals surface area (Å²) in [6.45, 7) is 5.04. The maximum Gasteiger partial charge on any atom is 4.00 e. The van der Waals surface area contributed by atoms with Crippen LogP contribution in [0.25, 0.3) is 0 Å². The van der Waals surface area contributed by atoms with E-state index in [2.05, 4.69) is 75.3 Å². The molecule has 0 aromatic carbocycles. The van der Waals surface area contributed by atoms with Crippen LogP contribution in [-0.2, 0) is 21.7 Å². The first kappa shape index (κ1) is 28.2. The fraction of sp³-hybridized carbons (Fsp3) is 0.545. The van der Waals surface area contributed by atoms with Crippen LogP contribution in [0.5, 0.6) is 0 Å². The first-order valence-electron chi connectivity index (χ1n) is 9.52. The second-order valence-electron chi connectivity index (χ2n) is 7.59. The number of likely N-dealkylation sites (tertiary alicyclic amines) is 2. The maximum absolute atomic E-state index is 2.42. The van der Waals surface area contributed by atoms with Crippen molar-refractivity contribution in [1.29, 1.82) is 0 Å². The van der Waals surface area contributed by atoms with E-state index in [1.165, 1.54) is 51.9 Å². The van der Waals surface area contributed by atoms with Gasteiger partial charge in [-0.2, -0.15) is 0 Å². The van der Waals surface area contributed by atoms with Gasteiger partial charge in [-0.1, -0.05) is 0 Å². The summed E-state index contributed by atoms with van der Waals surface area (Å²) >= 11 is 0. The molecule has 0 amide bonds. The Morgan fingerprint density at radius 1 is 0.630 bits per heavy atom. The standard InChI is InChI=1S/2C11H16N.2ClH.Ti/c2*1-12-8-6-11(7-9-12)10-4-2-3-5-10;;;/h2*2-5,11H,6-9H2,1H3;2*1H;/q;;;;+4/p-1. The monoisotopic (exact) mass is 443 g/mol. The van der Waals surface area contributed by atoms with E-state index in [0.717, 1.165) is 11.8 Å². The molecule has 146 valence electrons. The minimum atomic E-state index is 0. The fourth-order valence-electron chi connectivity index (χ4n) is 4.01. The number of piperidine rings is 2.